The lowest BCUT2D eigenvalue weighted by molar-refractivity contribution is -0.137. The van der Waals surface area contributed by atoms with Gasteiger partial charge in [-0.3, -0.25) is 4.79 Å². The summed E-state index contributed by atoms with van der Waals surface area (Å²) in [6.07, 6.45) is -2.27. The van der Waals surface area contributed by atoms with Crippen LogP contribution in [0.5, 0.6) is 0 Å². The number of amides is 1. The number of benzene rings is 1. The summed E-state index contributed by atoms with van der Waals surface area (Å²) in [5.74, 6) is -0.353. The second kappa shape index (κ2) is 7.99. The van der Waals surface area contributed by atoms with Crippen LogP contribution in [0.4, 0.5) is 18.9 Å². The van der Waals surface area contributed by atoms with Gasteiger partial charge in [0.05, 0.1) is 11.6 Å². The van der Waals surface area contributed by atoms with Crippen LogP contribution in [0.2, 0.25) is 0 Å². The molecule has 118 valence electrons. The highest BCUT2D eigenvalue weighted by Crippen LogP contribution is 2.30. The van der Waals surface area contributed by atoms with Gasteiger partial charge in [0.2, 0.25) is 5.91 Å². The first-order valence-electron chi connectivity index (χ1n) is 6.74. The summed E-state index contributed by atoms with van der Waals surface area (Å²) in [5.41, 5.74) is 4.73. The summed E-state index contributed by atoms with van der Waals surface area (Å²) in [6.45, 7) is 0.547. The van der Waals surface area contributed by atoms with Crippen molar-refractivity contribution < 1.29 is 18.0 Å². The molecule has 0 fully saturated rings. The van der Waals surface area contributed by atoms with E-state index in [0.29, 0.717) is 13.0 Å². The summed E-state index contributed by atoms with van der Waals surface area (Å²) in [4.78, 5) is 12.0. The first-order chi connectivity index (χ1) is 9.88. The number of carbonyl (C=O) groups excluding carboxylic acids is 1. The number of carbonyl (C=O) groups is 1. The molecule has 1 aromatic carbocycles. The zero-order valence-corrected chi connectivity index (χ0v) is 11.8. The minimum Gasteiger partial charge on any atom is -0.330 e. The Morgan fingerprint density at radius 2 is 2.05 bits per heavy atom. The summed E-state index contributed by atoms with van der Waals surface area (Å²) in [6, 6.07) is 4.13. The largest absolute Gasteiger partial charge is 0.416 e. The van der Waals surface area contributed by atoms with E-state index >= 15 is 0 Å². The average Bonchev–Trinajstić information content (AvgIpc) is 2.43. The predicted molar refractivity (Wildman–Crippen MR) is 75.8 cm³/mol. The molecule has 4 N–H and O–H groups in total. The highest BCUT2D eigenvalue weighted by atomic mass is 19.4. The van der Waals surface area contributed by atoms with Crippen LogP contribution in [0.1, 0.15) is 24.8 Å². The Kier molecular flexibility index (Phi) is 6.64. The van der Waals surface area contributed by atoms with Gasteiger partial charge in [-0.25, -0.2) is 0 Å². The Balaban J connectivity index is 2.68. The van der Waals surface area contributed by atoms with Crippen molar-refractivity contribution in [1.82, 2.24) is 5.32 Å². The van der Waals surface area contributed by atoms with E-state index in [4.69, 9.17) is 5.73 Å². The van der Waals surface area contributed by atoms with Crippen LogP contribution in [0.25, 0.3) is 0 Å². The Morgan fingerprint density at radius 3 is 2.62 bits per heavy atom. The molecular formula is C14H20F3N3O. The molecule has 0 spiro atoms. The number of nitrogens with two attached hydrogens (primary N) is 1. The van der Waals surface area contributed by atoms with Gasteiger partial charge in [0.25, 0.3) is 0 Å². The Hall–Kier alpha value is -1.60. The second-order valence-corrected chi connectivity index (χ2v) is 4.69. The standard InChI is InChI=1S/C14H20F3N3O/c1-19-12(7-2-3-8-18)13(21)20-11-6-4-5-10(9-11)14(15,16)17/h4-6,9,12,19H,2-3,7-8,18H2,1H3,(H,20,21)/t12-/m0/s1. The molecule has 4 nitrogen and oxygen atoms in total. The third kappa shape index (κ3) is 5.73. The van der Waals surface area contributed by atoms with Crippen molar-refractivity contribution in [2.24, 2.45) is 5.73 Å². The zero-order valence-electron chi connectivity index (χ0n) is 11.8. The van der Waals surface area contributed by atoms with Crippen molar-refractivity contribution in [3.63, 3.8) is 0 Å². The molecule has 0 heterocycles. The third-order valence-electron chi connectivity index (χ3n) is 3.07. The molecule has 1 aromatic rings. The molecule has 1 atom stereocenters. The molecule has 0 aliphatic heterocycles. The number of hydrogen-bond donors (Lipinski definition) is 3. The molecule has 0 aliphatic carbocycles. The molecule has 0 aromatic heterocycles. The molecule has 7 heteroatoms. The maximum absolute atomic E-state index is 12.6. The van der Waals surface area contributed by atoms with E-state index in [1.807, 2.05) is 0 Å². The normalized spacial score (nSPS) is 13.0. The lowest BCUT2D eigenvalue weighted by Gasteiger charge is -2.16. The van der Waals surface area contributed by atoms with Crippen molar-refractivity contribution in [3.8, 4) is 0 Å². The first-order valence-corrected chi connectivity index (χ1v) is 6.74. The van der Waals surface area contributed by atoms with E-state index in [-0.39, 0.29) is 11.6 Å². The minimum atomic E-state index is -4.43. The third-order valence-corrected chi connectivity index (χ3v) is 3.07. The van der Waals surface area contributed by atoms with Gasteiger partial charge in [0, 0.05) is 5.69 Å². The molecular weight excluding hydrogens is 283 g/mol. The van der Waals surface area contributed by atoms with E-state index < -0.39 is 17.8 Å². The smallest absolute Gasteiger partial charge is 0.330 e. The highest BCUT2D eigenvalue weighted by molar-refractivity contribution is 5.94. The lowest BCUT2D eigenvalue weighted by Crippen LogP contribution is -2.38. The predicted octanol–water partition coefficient (Wildman–Crippen LogP) is 2.36. The first kappa shape index (κ1) is 17.5. The molecule has 0 saturated carbocycles. The Bertz CT molecular complexity index is 463. The van der Waals surface area contributed by atoms with E-state index in [1.54, 1.807) is 7.05 Å². The number of anilines is 1. The number of hydrogen-bond acceptors (Lipinski definition) is 3. The fraction of sp³-hybridized carbons (Fsp3) is 0.500. The fourth-order valence-electron chi connectivity index (χ4n) is 1.90. The molecule has 0 unspecified atom stereocenters. The van der Waals surface area contributed by atoms with Gasteiger partial charge in [0.15, 0.2) is 0 Å². The van der Waals surface area contributed by atoms with Crippen molar-refractivity contribution in [2.75, 3.05) is 18.9 Å². The molecule has 0 aliphatic rings. The van der Waals surface area contributed by atoms with Crippen LogP contribution >= 0.6 is 0 Å². The van der Waals surface area contributed by atoms with Gasteiger partial charge in [0.1, 0.15) is 0 Å². The molecule has 1 rings (SSSR count). The number of nitrogens with one attached hydrogen (secondary N) is 2. The van der Waals surface area contributed by atoms with Crippen LogP contribution in [0, 0.1) is 0 Å². The number of likely N-dealkylation sites (N-methyl/N-ethyl adjacent to an activating group) is 1. The van der Waals surface area contributed by atoms with E-state index in [0.717, 1.165) is 25.0 Å². The van der Waals surface area contributed by atoms with Gasteiger partial charge in [-0.05, 0) is 44.6 Å². The molecule has 0 radical (unpaired) electrons. The van der Waals surface area contributed by atoms with Gasteiger partial charge >= 0.3 is 6.18 Å². The number of halogens is 3. The minimum absolute atomic E-state index is 0.133. The maximum atomic E-state index is 12.6. The van der Waals surface area contributed by atoms with Crippen LogP contribution < -0.4 is 16.4 Å². The van der Waals surface area contributed by atoms with Gasteiger partial charge in [-0.1, -0.05) is 12.5 Å². The summed E-state index contributed by atoms with van der Waals surface area (Å²) < 4.78 is 37.8. The maximum Gasteiger partial charge on any atom is 0.416 e. The molecule has 21 heavy (non-hydrogen) atoms. The SMILES string of the molecule is CN[C@@H](CCCCN)C(=O)Nc1cccc(C(F)(F)F)c1. The van der Waals surface area contributed by atoms with Crippen LogP contribution in [0.3, 0.4) is 0 Å². The Morgan fingerprint density at radius 1 is 1.33 bits per heavy atom. The average molecular weight is 303 g/mol. The molecule has 0 saturated heterocycles. The number of unbranched alkanes of at least 4 members (excludes halogenated alkanes) is 1. The topological polar surface area (TPSA) is 67.1 Å². The van der Waals surface area contributed by atoms with Crippen LogP contribution in [0.15, 0.2) is 24.3 Å². The second-order valence-electron chi connectivity index (χ2n) is 4.69. The van der Waals surface area contributed by atoms with Gasteiger partial charge in [-0.15, -0.1) is 0 Å². The molecule has 1 amide bonds. The summed E-state index contributed by atoms with van der Waals surface area (Å²) in [7, 11) is 1.64. The van der Waals surface area contributed by atoms with E-state index in [1.165, 1.54) is 12.1 Å². The fourth-order valence-corrected chi connectivity index (χ4v) is 1.90. The highest BCUT2D eigenvalue weighted by Gasteiger charge is 2.30. The van der Waals surface area contributed by atoms with E-state index in [2.05, 4.69) is 10.6 Å². The lowest BCUT2D eigenvalue weighted by atomic mass is 10.1. The van der Waals surface area contributed by atoms with Crippen molar-refractivity contribution >= 4 is 11.6 Å². The number of rotatable bonds is 7. The van der Waals surface area contributed by atoms with Crippen molar-refractivity contribution in [3.05, 3.63) is 29.8 Å². The van der Waals surface area contributed by atoms with Crippen LogP contribution in [-0.2, 0) is 11.0 Å². The number of alkyl halides is 3. The summed E-state index contributed by atoms with van der Waals surface area (Å²) >= 11 is 0. The quantitative estimate of drug-likeness (QED) is 0.677. The van der Waals surface area contributed by atoms with Crippen molar-refractivity contribution in [2.45, 2.75) is 31.5 Å². The molecule has 0 bridgehead atoms. The monoisotopic (exact) mass is 303 g/mol. The van der Waals surface area contributed by atoms with Crippen molar-refractivity contribution in [1.29, 1.82) is 0 Å². The van der Waals surface area contributed by atoms with Crippen LogP contribution in [-0.4, -0.2) is 25.5 Å². The van der Waals surface area contributed by atoms with E-state index in [9.17, 15) is 18.0 Å². The summed E-state index contributed by atoms with van der Waals surface area (Å²) in [5, 5.41) is 5.35. The van der Waals surface area contributed by atoms with Gasteiger partial charge in [-0.2, -0.15) is 13.2 Å². The zero-order chi connectivity index (χ0) is 15.9. The Labute approximate surface area is 121 Å². The van der Waals surface area contributed by atoms with Gasteiger partial charge < -0.3 is 16.4 Å².